The highest BCUT2D eigenvalue weighted by atomic mass is 16.5. The maximum atomic E-state index is 11.9. The van der Waals surface area contributed by atoms with Gasteiger partial charge in [0.25, 0.3) is 0 Å². The number of anilines is 1. The summed E-state index contributed by atoms with van der Waals surface area (Å²) in [6.07, 6.45) is 9.14. The molecule has 0 amide bonds. The van der Waals surface area contributed by atoms with Crippen molar-refractivity contribution in [3.63, 3.8) is 0 Å². The summed E-state index contributed by atoms with van der Waals surface area (Å²) in [6, 6.07) is 11.9. The first kappa shape index (κ1) is 25.6. The van der Waals surface area contributed by atoms with Gasteiger partial charge in [-0.05, 0) is 61.9 Å². The number of aliphatic imine (C=N–C) groups is 1. The Kier molecular flexibility index (Phi) is 10.1. The number of hydrogen-bond donors (Lipinski definition) is 1. The van der Waals surface area contributed by atoms with Crippen LogP contribution in [0.15, 0.2) is 59.9 Å². The average molecular weight is 448 g/mol. The van der Waals surface area contributed by atoms with Crippen molar-refractivity contribution in [3.05, 3.63) is 66.0 Å². The topological polar surface area (TPSA) is 105 Å². The Morgan fingerprint density at radius 3 is 2.64 bits per heavy atom. The third-order valence-electron chi connectivity index (χ3n) is 4.73. The van der Waals surface area contributed by atoms with Crippen molar-refractivity contribution in [2.75, 3.05) is 11.4 Å². The average Bonchev–Trinajstić information content (AvgIpc) is 2.77. The van der Waals surface area contributed by atoms with Gasteiger partial charge in [0.1, 0.15) is 0 Å². The summed E-state index contributed by atoms with van der Waals surface area (Å²) in [5, 5.41) is 8.97. The minimum absolute atomic E-state index is 0.104. The van der Waals surface area contributed by atoms with Crippen LogP contribution in [0, 0.1) is 17.4 Å². The number of ether oxygens (including phenoxy) is 1. The van der Waals surface area contributed by atoms with Gasteiger partial charge >= 0.3 is 5.97 Å². The Balaban J connectivity index is 2.35. The summed E-state index contributed by atoms with van der Waals surface area (Å²) in [7, 11) is 0. The molecule has 0 bridgehead atoms. The number of nitrogens with zero attached hydrogens (tertiary/aromatic N) is 4. The SMILES string of the molecule is CC(C)CN(C(N)=NC#N)c1cccc(/C(=C\CCCC(=O)OC(C)C)c2cccnc2)c1. The standard InChI is InChI=1S/C26H33N5O2/c1-19(2)17-31(26(28)30-18-27)23-11-7-9-21(15-23)24(22-10-8-14-29-16-22)12-5-6-13-25(32)33-20(3)4/h7-12,14-16,19-20H,5-6,13,17H2,1-4H3,(H2,28,30)/b24-12+. The molecule has 2 rings (SSSR count). The van der Waals surface area contributed by atoms with Gasteiger partial charge in [-0.1, -0.05) is 38.1 Å². The van der Waals surface area contributed by atoms with Crippen molar-refractivity contribution in [1.82, 2.24) is 4.98 Å². The highest BCUT2D eigenvalue weighted by Crippen LogP contribution is 2.28. The molecular formula is C26H33N5O2. The lowest BCUT2D eigenvalue weighted by Crippen LogP contribution is -2.39. The van der Waals surface area contributed by atoms with Gasteiger partial charge in [-0.15, -0.1) is 4.99 Å². The van der Waals surface area contributed by atoms with Gasteiger partial charge in [-0.3, -0.25) is 9.78 Å². The second kappa shape index (κ2) is 13.0. The molecule has 1 aromatic carbocycles. The van der Waals surface area contributed by atoms with E-state index in [1.165, 1.54) is 0 Å². The normalized spacial score (nSPS) is 12.0. The monoisotopic (exact) mass is 447 g/mol. The third kappa shape index (κ3) is 8.41. The number of pyridine rings is 1. The molecule has 0 saturated heterocycles. The van der Waals surface area contributed by atoms with Gasteiger partial charge < -0.3 is 15.4 Å². The van der Waals surface area contributed by atoms with E-state index in [2.05, 4.69) is 29.9 Å². The number of aromatic nitrogens is 1. The Labute approximate surface area is 196 Å². The first-order chi connectivity index (χ1) is 15.8. The van der Waals surface area contributed by atoms with Crippen LogP contribution in [0.25, 0.3) is 5.57 Å². The van der Waals surface area contributed by atoms with E-state index < -0.39 is 0 Å². The molecule has 7 nitrogen and oxygen atoms in total. The molecule has 0 aliphatic rings. The number of hydrogen-bond acceptors (Lipinski definition) is 5. The van der Waals surface area contributed by atoms with Gasteiger partial charge in [0.05, 0.1) is 6.10 Å². The molecule has 0 aliphatic heterocycles. The van der Waals surface area contributed by atoms with Crippen molar-refractivity contribution in [2.24, 2.45) is 16.6 Å². The molecule has 0 aliphatic carbocycles. The summed E-state index contributed by atoms with van der Waals surface area (Å²) in [4.78, 5) is 21.7. The maximum Gasteiger partial charge on any atom is 0.306 e. The largest absolute Gasteiger partial charge is 0.463 e. The van der Waals surface area contributed by atoms with Gasteiger partial charge in [0, 0.05) is 36.6 Å². The van der Waals surface area contributed by atoms with Crippen molar-refractivity contribution in [2.45, 2.75) is 53.1 Å². The Morgan fingerprint density at radius 2 is 2.00 bits per heavy atom. The van der Waals surface area contributed by atoms with Crippen molar-refractivity contribution in [3.8, 4) is 6.19 Å². The second-order valence-electron chi connectivity index (χ2n) is 8.42. The molecule has 0 unspecified atom stereocenters. The fourth-order valence-corrected chi connectivity index (χ4v) is 3.39. The molecule has 1 aromatic heterocycles. The predicted molar refractivity (Wildman–Crippen MR) is 132 cm³/mol. The van der Waals surface area contributed by atoms with Crippen LogP contribution in [-0.2, 0) is 9.53 Å². The highest BCUT2D eigenvalue weighted by Gasteiger charge is 2.15. The number of carbonyl (C=O) groups is 1. The van der Waals surface area contributed by atoms with E-state index in [1.54, 1.807) is 12.4 Å². The molecule has 0 atom stereocenters. The Hall–Kier alpha value is -3.66. The van der Waals surface area contributed by atoms with E-state index in [9.17, 15) is 4.79 Å². The van der Waals surface area contributed by atoms with Gasteiger partial charge in [-0.2, -0.15) is 5.26 Å². The zero-order valence-corrected chi connectivity index (χ0v) is 19.9. The molecule has 2 aromatic rings. The van der Waals surface area contributed by atoms with Crippen LogP contribution in [-0.4, -0.2) is 29.6 Å². The smallest absolute Gasteiger partial charge is 0.306 e. The number of rotatable bonds is 10. The van der Waals surface area contributed by atoms with Crippen LogP contribution in [0.3, 0.4) is 0 Å². The number of unbranched alkanes of at least 4 members (excludes halogenated alkanes) is 1. The summed E-state index contributed by atoms with van der Waals surface area (Å²) < 4.78 is 5.22. The first-order valence-electron chi connectivity index (χ1n) is 11.2. The number of carbonyl (C=O) groups excluding carboxylic acids is 1. The number of guanidine groups is 1. The zero-order chi connectivity index (χ0) is 24.2. The number of nitriles is 1. The van der Waals surface area contributed by atoms with Crippen LogP contribution in [0.4, 0.5) is 5.69 Å². The first-order valence-corrected chi connectivity index (χ1v) is 11.2. The number of esters is 1. The molecule has 1 heterocycles. The minimum Gasteiger partial charge on any atom is -0.463 e. The summed E-state index contributed by atoms with van der Waals surface area (Å²) >= 11 is 0. The number of nitrogens with two attached hydrogens (primary N) is 1. The lowest BCUT2D eigenvalue weighted by atomic mass is 9.97. The van der Waals surface area contributed by atoms with E-state index >= 15 is 0 Å². The lowest BCUT2D eigenvalue weighted by Gasteiger charge is -2.25. The van der Waals surface area contributed by atoms with Gasteiger partial charge in [0.2, 0.25) is 12.2 Å². The van der Waals surface area contributed by atoms with Gasteiger partial charge in [0.15, 0.2) is 0 Å². The number of benzene rings is 1. The van der Waals surface area contributed by atoms with Crippen molar-refractivity contribution in [1.29, 1.82) is 5.26 Å². The summed E-state index contributed by atoms with van der Waals surface area (Å²) in [6.45, 7) is 8.50. The third-order valence-corrected chi connectivity index (χ3v) is 4.73. The summed E-state index contributed by atoms with van der Waals surface area (Å²) in [5.41, 5.74) is 9.93. The predicted octanol–water partition coefficient (Wildman–Crippen LogP) is 4.89. The minimum atomic E-state index is -0.181. The molecule has 174 valence electrons. The van der Waals surface area contributed by atoms with Crippen molar-refractivity contribution >= 4 is 23.2 Å². The molecular weight excluding hydrogens is 414 g/mol. The second-order valence-corrected chi connectivity index (χ2v) is 8.42. The van der Waals surface area contributed by atoms with Crippen LogP contribution in [0.5, 0.6) is 0 Å². The fraction of sp³-hybridized carbons (Fsp3) is 0.385. The van der Waals surface area contributed by atoms with Crippen LogP contribution >= 0.6 is 0 Å². The molecule has 0 spiro atoms. The molecule has 7 heteroatoms. The van der Waals surface area contributed by atoms with Crippen LogP contribution < -0.4 is 10.6 Å². The van der Waals surface area contributed by atoms with E-state index in [-0.39, 0.29) is 18.0 Å². The highest BCUT2D eigenvalue weighted by molar-refractivity contribution is 5.96. The van der Waals surface area contributed by atoms with E-state index in [0.29, 0.717) is 25.3 Å². The quantitative estimate of drug-likeness (QED) is 0.183. The van der Waals surface area contributed by atoms with Gasteiger partial charge in [-0.25, -0.2) is 0 Å². The maximum absolute atomic E-state index is 11.9. The van der Waals surface area contributed by atoms with E-state index in [1.807, 2.05) is 61.3 Å². The Bertz CT molecular complexity index is 1010. The van der Waals surface area contributed by atoms with Crippen LogP contribution in [0.2, 0.25) is 0 Å². The molecule has 0 saturated carbocycles. The summed E-state index contributed by atoms with van der Waals surface area (Å²) in [5.74, 6) is 0.304. The van der Waals surface area contributed by atoms with E-state index in [4.69, 9.17) is 15.7 Å². The molecule has 33 heavy (non-hydrogen) atoms. The fourth-order valence-electron chi connectivity index (χ4n) is 3.39. The zero-order valence-electron chi connectivity index (χ0n) is 19.9. The van der Waals surface area contributed by atoms with E-state index in [0.717, 1.165) is 28.8 Å². The van der Waals surface area contributed by atoms with Crippen molar-refractivity contribution < 1.29 is 9.53 Å². The molecule has 0 radical (unpaired) electrons. The number of allylic oxidation sites excluding steroid dienone is 1. The molecule has 2 N–H and O–H groups in total. The Morgan fingerprint density at radius 1 is 1.24 bits per heavy atom. The molecule has 0 fully saturated rings. The lowest BCUT2D eigenvalue weighted by molar-refractivity contribution is -0.147. The van der Waals surface area contributed by atoms with Crippen LogP contribution in [0.1, 0.15) is 58.1 Å².